The van der Waals surface area contributed by atoms with E-state index in [9.17, 15) is 24.7 Å². The average molecular weight is 439 g/mol. The van der Waals surface area contributed by atoms with Gasteiger partial charge in [0.15, 0.2) is 12.2 Å². The van der Waals surface area contributed by atoms with Crippen LogP contribution >= 0.6 is 12.2 Å². The molecule has 2 N–H and O–H groups in total. The number of nitro benzene ring substituents is 1. The zero-order valence-corrected chi connectivity index (χ0v) is 16.4. The second-order valence-corrected chi connectivity index (χ2v) is 6.78. The van der Waals surface area contributed by atoms with Gasteiger partial charge < -0.3 is 29.2 Å². The Kier molecular flexibility index (Phi) is 6.77. The highest BCUT2D eigenvalue weighted by molar-refractivity contribution is 7.79. The molecular formula is C19H18FNO8S. The summed E-state index contributed by atoms with van der Waals surface area (Å²) in [4.78, 5) is 10.1. The van der Waals surface area contributed by atoms with Gasteiger partial charge in [-0.2, -0.15) is 0 Å². The first-order valence-electron chi connectivity index (χ1n) is 8.81. The summed E-state index contributed by atoms with van der Waals surface area (Å²) in [6, 6.07) is 10.2. The van der Waals surface area contributed by atoms with Gasteiger partial charge >= 0.3 is 5.24 Å². The highest BCUT2D eigenvalue weighted by atomic mass is 32.1. The fourth-order valence-electron chi connectivity index (χ4n) is 2.75. The fraction of sp³-hybridized carbons (Fsp3) is 0.316. The molecule has 0 radical (unpaired) electrons. The highest BCUT2D eigenvalue weighted by Gasteiger charge is 2.46. The van der Waals surface area contributed by atoms with Gasteiger partial charge in [-0.25, -0.2) is 4.39 Å². The minimum atomic E-state index is -1.46. The van der Waals surface area contributed by atoms with Crippen LogP contribution in [0.5, 0.6) is 11.5 Å². The Morgan fingerprint density at radius 2 is 1.70 bits per heavy atom. The fourth-order valence-corrected chi connectivity index (χ4v) is 2.96. The molecule has 1 saturated heterocycles. The molecule has 0 spiro atoms. The van der Waals surface area contributed by atoms with E-state index < -0.39 is 46.7 Å². The van der Waals surface area contributed by atoms with Crippen molar-refractivity contribution in [3.63, 3.8) is 0 Å². The number of thiocarbonyl (C=S) groups is 1. The molecule has 2 aromatic rings. The van der Waals surface area contributed by atoms with Gasteiger partial charge in [0.1, 0.15) is 23.4 Å². The Morgan fingerprint density at radius 1 is 1.10 bits per heavy atom. The van der Waals surface area contributed by atoms with Crippen LogP contribution in [0.2, 0.25) is 0 Å². The van der Waals surface area contributed by atoms with E-state index >= 15 is 0 Å². The molecule has 1 aliphatic rings. The molecule has 1 aliphatic heterocycles. The maximum atomic E-state index is 13.1. The summed E-state index contributed by atoms with van der Waals surface area (Å²) in [5.74, 6) is -0.0347. The summed E-state index contributed by atoms with van der Waals surface area (Å²) in [7, 11) is 0. The molecule has 1 fully saturated rings. The van der Waals surface area contributed by atoms with Gasteiger partial charge in [-0.15, -0.1) is 0 Å². The highest BCUT2D eigenvalue weighted by Crippen LogP contribution is 2.27. The quantitative estimate of drug-likeness (QED) is 0.411. The SMILES string of the molecule is C[C@@H]1O[C@@H](Oc2ccc(F)cc2)[C@@H](O)[C@H](OC(=S)Oc2ccc([N+](=O)[O-])cc2)[C@@H]1O. The number of hydrogen-bond donors (Lipinski definition) is 2. The van der Waals surface area contributed by atoms with Crippen LogP contribution in [0.3, 0.4) is 0 Å². The topological polar surface area (TPSA) is 121 Å². The first kappa shape index (κ1) is 21.8. The van der Waals surface area contributed by atoms with E-state index in [2.05, 4.69) is 0 Å². The van der Waals surface area contributed by atoms with Crippen LogP contribution in [0, 0.1) is 15.9 Å². The number of benzene rings is 2. The molecule has 0 unspecified atom stereocenters. The standard InChI is InChI=1S/C19H18FNO8S/c1-10-15(22)17(16(23)18(26-10)27-13-6-2-11(20)3-7-13)29-19(30)28-14-8-4-12(5-9-14)21(24)25/h2-10,15-18,22-23H,1H3/t10-,15+,16-,17+,18-/m0/s1. The van der Waals surface area contributed by atoms with Crippen molar-refractivity contribution < 1.29 is 38.5 Å². The van der Waals surface area contributed by atoms with Gasteiger partial charge in [-0.1, -0.05) is 0 Å². The van der Waals surface area contributed by atoms with E-state index in [0.29, 0.717) is 0 Å². The maximum Gasteiger partial charge on any atom is 0.358 e. The van der Waals surface area contributed by atoms with Gasteiger partial charge in [0.25, 0.3) is 5.69 Å². The molecule has 3 rings (SSSR count). The van der Waals surface area contributed by atoms with E-state index in [1.165, 1.54) is 48.5 Å². The van der Waals surface area contributed by atoms with Gasteiger partial charge in [-0.3, -0.25) is 10.1 Å². The summed E-state index contributed by atoms with van der Waals surface area (Å²) >= 11 is 5.00. The number of rotatable bonds is 5. The second-order valence-electron chi connectivity index (χ2n) is 6.45. The number of aliphatic hydroxyl groups is 2. The van der Waals surface area contributed by atoms with Crippen LogP contribution in [0.25, 0.3) is 0 Å². The van der Waals surface area contributed by atoms with E-state index in [1.807, 2.05) is 0 Å². The van der Waals surface area contributed by atoms with Crippen molar-refractivity contribution in [2.24, 2.45) is 0 Å². The lowest BCUT2D eigenvalue weighted by Crippen LogP contribution is -2.59. The zero-order valence-electron chi connectivity index (χ0n) is 15.6. The molecular weight excluding hydrogens is 421 g/mol. The number of nitrogens with zero attached hydrogens (tertiary/aromatic N) is 1. The monoisotopic (exact) mass is 439 g/mol. The van der Waals surface area contributed by atoms with Crippen LogP contribution in [-0.2, 0) is 9.47 Å². The number of hydrogen-bond acceptors (Lipinski definition) is 9. The number of non-ortho nitro benzene ring substituents is 1. The minimum Gasteiger partial charge on any atom is -0.462 e. The Bertz CT molecular complexity index is 894. The predicted molar refractivity (Wildman–Crippen MR) is 105 cm³/mol. The van der Waals surface area contributed by atoms with Gasteiger partial charge in [-0.05, 0) is 43.3 Å². The Hall–Kier alpha value is -2.86. The van der Waals surface area contributed by atoms with E-state index in [1.54, 1.807) is 6.92 Å². The third-order valence-corrected chi connectivity index (χ3v) is 4.51. The van der Waals surface area contributed by atoms with E-state index in [0.717, 1.165) is 0 Å². The van der Waals surface area contributed by atoms with Crippen LogP contribution in [0.15, 0.2) is 48.5 Å². The third-order valence-electron chi connectivity index (χ3n) is 4.33. The smallest absolute Gasteiger partial charge is 0.358 e. The van der Waals surface area contributed by atoms with Crippen LogP contribution in [0.1, 0.15) is 6.92 Å². The molecule has 0 saturated carbocycles. The van der Waals surface area contributed by atoms with Crippen molar-refractivity contribution in [2.75, 3.05) is 0 Å². The maximum absolute atomic E-state index is 13.1. The first-order valence-corrected chi connectivity index (χ1v) is 9.22. The number of ether oxygens (including phenoxy) is 4. The largest absolute Gasteiger partial charge is 0.462 e. The summed E-state index contributed by atoms with van der Waals surface area (Å²) in [5, 5.41) is 31.2. The van der Waals surface area contributed by atoms with Crippen molar-refractivity contribution in [1.29, 1.82) is 0 Å². The molecule has 0 amide bonds. The Balaban J connectivity index is 1.65. The summed E-state index contributed by atoms with van der Waals surface area (Å²) in [6.07, 6.45) is -5.97. The molecule has 30 heavy (non-hydrogen) atoms. The summed E-state index contributed by atoms with van der Waals surface area (Å²) in [5.41, 5.74) is -0.126. The van der Waals surface area contributed by atoms with E-state index in [4.69, 9.17) is 31.2 Å². The van der Waals surface area contributed by atoms with Crippen molar-refractivity contribution >= 4 is 23.1 Å². The van der Waals surface area contributed by atoms with Crippen molar-refractivity contribution in [3.8, 4) is 11.5 Å². The lowest BCUT2D eigenvalue weighted by atomic mass is 10.00. The van der Waals surface area contributed by atoms with Crippen molar-refractivity contribution in [2.45, 2.75) is 37.6 Å². The van der Waals surface area contributed by atoms with E-state index in [-0.39, 0.29) is 17.2 Å². The van der Waals surface area contributed by atoms with Crippen molar-refractivity contribution in [1.82, 2.24) is 0 Å². The Labute approximate surface area is 175 Å². The van der Waals surface area contributed by atoms with Gasteiger partial charge in [0.05, 0.1) is 11.0 Å². The van der Waals surface area contributed by atoms with Crippen LogP contribution < -0.4 is 9.47 Å². The molecule has 2 aromatic carbocycles. The average Bonchev–Trinajstić information content (AvgIpc) is 2.71. The van der Waals surface area contributed by atoms with Crippen molar-refractivity contribution in [3.05, 3.63) is 64.5 Å². The number of halogens is 1. The lowest BCUT2D eigenvalue weighted by Gasteiger charge is -2.40. The number of aliphatic hydroxyl groups excluding tert-OH is 2. The second kappa shape index (κ2) is 9.30. The van der Waals surface area contributed by atoms with Crippen LogP contribution in [0.4, 0.5) is 10.1 Å². The van der Waals surface area contributed by atoms with Crippen LogP contribution in [-0.4, -0.2) is 51.1 Å². The molecule has 0 bridgehead atoms. The normalized spacial score (nSPS) is 25.9. The number of nitro groups is 1. The molecule has 160 valence electrons. The summed E-state index contributed by atoms with van der Waals surface area (Å²) < 4.78 is 34.7. The predicted octanol–water partition coefficient (Wildman–Crippen LogP) is 2.33. The first-order chi connectivity index (χ1) is 14.2. The zero-order chi connectivity index (χ0) is 21.8. The lowest BCUT2D eigenvalue weighted by molar-refractivity contribution is -0.384. The molecule has 11 heteroatoms. The van der Waals surface area contributed by atoms with Gasteiger partial charge in [0, 0.05) is 24.4 Å². The molecule has 1 heterocycles. The molecule has 0 aliphatic carbocycles. The third kappa shape index (κ3) is 5.19. The molecule has 5 atom stereocenters. The molecule has 9 nitrogen and oxygen atoms in total. The Morgan fingerprint density at radius 3 is 2.30 bits per heavy atom. The summed E-state index contributed by atoms with van der Waals surface area (Å²) in [6.45, 7) is 1.55. The minimum absolute atomic E-state index is 0.126. The molecule has 0 aromatic heterocycles. The van der Waals surface area contributed by atoms with Gasteiger partial charge in [0.2, 0.25) is 6.29 Å².